The number of fused-ring (bicyclic) bond motifs is 3. The molecule has 0 atom stereocenters. The van der Waals surface area contributed by atoms with E-state index in [2.05, 4.69) is 29.6 Å². The van der Waals surface area contributed by atoms with Gasteiger partial charge in [0.15, 0.2) is 0 Å². The van der Waals surface area contributed by atoms with Crippen molar-refractivity contribution in [2.75, 3.05) is 12.4 Å². The zero-order valence-electron chi connectivity index (χ0n) is 17.7. The third-order valence-corrected chi connectivity index (χ3v) is 5.77. The molecule has 5 aromatic rings. The van der Waals surface area contributed by atoms with E-state index in [0.717, 1.165) is 27.5 Å². The van der Waals surface area contributed by atoms with Crippen molar-refractivity contribution in [3.8, 4) is 5.75 Å². The monoisotopic (exact) mass is 421 g/mol. The van der Waals surface area contributed by atoms with E-state index in [1.807, 2.05) is 72.8 Å². The number of hydrogen-bond donors (Lipinski definition) is 1. The van der Waals surface area contributed by atoms with Gasteiger partial charge in [0.05, 0.1) is 12.8 Å². The predicted molar refractivity (Wildman–Crippen MR) is 128 cm³/mol. The standard InChI is InChI=1S/C28H23NO3/c1-31-27-16-23-21-14-8-9-15-25(21)32-26(23)18-24(27)29-28(30)17-22(19-10-4-2-5-11-19)20-12-6-3-7-13-20/h2-16,18,22H,17H2,1H3,(H,29,30). The normalized spacial score (nSPS) is 11.2. The third kappa shape index (κ3) is 3.83. The van der Waals surface area contributed by atoms with Crippen LogP contribution >= 0.6 is 0 Å². The number of furan rings is 1. The predicted octanol–water partition coefficient (Wildman–Crippen LogP) is 6.76. The summed E-state index contributed by atoms with van der Waals surface area (Å²) >= 11 is 0. The lowest BCUT2D eigenvalue weighted by Gasteiger charge is -2.18. The molecule has 0 unspecified atom stereocenters. The maximum Gasteiger partial charge on any atom is 0.225 e. The second-order valence-electron chi connectivity index (χ2n) is 7.77. The molecule has 0 aliphatic carbocycles. The van der Waals surface area contributed by atoms with Gasteiger partial charge in [-0.15, -0.1) is 0 Å². The second kappa shape index (κ2) is 8.60. The van der Waals surface area contributed by atoms with Crippen molar-refractivity contribution in [2.45, 2.75) is 12.3 Å². The Morgan fingerprint density at radius 2 is 1.44 bits per heavy atom. The van der Waals surface area contributed by atoms with E-state index in [0.29, 0.717) is 23.4 Å². The Hall–Kier alpha value is -4.05. The molecule has 0 aliphatic rings. The number of hydrogen-bond acceptors (Lipinski definition) is 3. The molecule has 1 aromatic heterocycles. The molecule has 0 fully saturated rings. The molecule has 32 heavy (non-hydrogen) atoms. The van der Waals surface area contributed by atoms with Gasteiger partial charge in [-0.25, -0.2) is 0 Å². The lowest BCUT2D eigenvalue weighted by atomic mass is 9.88. The van der Waals surface area contributed by atoms with E-state index in [1.54, 1.807) is 7.11 Å². The first-order chi connectivity index (χ1) is 15.7. The fraction of sp³-hybridized carbons (Fsp3) is 0.107. The first-order valence-corrected chi connectivity index (χ1v) is 10.6. The van der Waals surface area contributed by atoms with E-state index in [1.165, 1.54) is 0 Å². The first kappa shape index (κ1) is 19.9. The Kier molecular flexibility index (Phi) is 5.34. The Bertz CT molecular complexity index is 1330. The summed E-state index contributed by atoms with van der Waals surface area (Å²) in [7, 11) is 1.61. The summed E-state index contributed by atoms with van der Waals surface area (Å²) < 4.78 is 11.6. The molecule has 0 saturated heterocycles. The molecule has 4 nitrogen and oxygen atoms in total. The van der Waals surface area contributed by atoms with Crippen molar-refractivity contribution < 1.29 is 13.9 Å². The van der Waals surface area contributed by atoms with Gasteiger partial charge in [0, 0.05) is 29.2 Å². The van der Waals surface area contributed by atoms with Gasteiger partial charge in [0.25, 0.3) is 0 Å². The Morgan fingerprint density at radius 1 is 0.812 bits per heavy atom. The molecule has 4 aromatic carbocycles. The lowest BCUT2D eigenvalue weighted by molar-refractivity contribution is -0.116. The molecular weight excluding hydrogens is 398 g/mol. The SMILES string of the molecule is COc1cc2c(cc1NC(=O)CC(c1ccccc1)c1ccccc1)oc1ccccc12. The lowest BCUT2D eigenvalue weighted by Crippen LogP contribution is -2.17. The van der Waals surface area contributed by atoms with Gasteiger partial charge < -0.3 is 14.5 Å². The number of rotatable bonds is 6. The number of carbonyl (C=O) groups excluding carboxylic acids is 1. The highest BCUT2D eigenvalue weighted by atomic mass is 16.5. The van der Waals surface area contributed by atoms with Gasteiger partial charge in [0.1, 0.15) is 16.9 Å². The van der Waals surface area contributed by atoms with Crippen LogP contribution in [-0.2, 0) is 4.79 Å². The Morgan fingerprint density at radius 3 is 2.09 bits per heavy atom. The average molecular weight is 421 g/mol. The second-order valence-corrected chi connectivity index (χ2v) is 7.77. The number of amides is 1. The molecule has 0 saturated carbocycles. The largest absolute Gasteiger partial charge is 0.495 e. The van der Waals surface area contributed by atoms with Crippen LogP contribution in [0.4, 0.5) is 5.69 Å². The van der Waals surface area contributed by atoms with Gasteiger partial charge in [-0.3, -0.25) is 4.79 Å². The molecule has 5 rings (SSSR count). The number of ether oxygens (including phenoxy) is 1. The molecular formula is C28H23NO3. The molecule has 0 aliphatic heterocycles. The van der Waals surface area contributed by atoms with Gasteiger partial charge in [-0.1, -0.05) is 78.9 Å². The zero-order valence-corrected chi connectivity index (χ0v) is 17.7. The Labute approximate surface area is 186 Å². The van der Waals surface area contributed by atoms with E-state index in [9.17, 15) is 4.79 Å². The highest BCUT2D eigenvalue weighted by Gasteiger charge is 2.20. The summed E-state index contributed by atoms with van der Waals surface area (Å²) in [5, 5.41) is 5.02. The van der Waals surface area contributed by atoms with Crippen molar-refractivity contribution in [2.24, 2.45) is 0 Å². The molecule has 0 spiro atoms. The van der Waals surface area contributed by atoms with Crippen LogP contribution in [0.3, 0.4) is 0 Å². The molecule has 0 bridgehead atoms. The van der Waals surface area contributed by atoms with Crippen molar-refractivity contribution in [3.05, 3.63) is 108 Å². The van der Waals surface area contributed by atoms with Crippen molar-refractivity contribution in [1.29, 1.82) is 0 Å². The number of anilines is 1. The summed E-state index contributed by atoms with van der Waals surface area (Å²) in [6.45, 7) is 0. The molecule has 4 heteroatoms. The Balaban J connectivity index is 1.46. The maximum atomic E-state index is 13.1. The highest BCUT2D eigenvalue weighted by Crippen LogP contribution is 2.37. The average Bonchev–Trinajstić information content (AvgIpc) is 3.20. The van der Waals surface area contributed by atoms with Crippen LogP contribution in [0.15, 0.2) is 101 Å². The first-order valence-electron chi connectivity index (χ1n) is 10.6. The minimum absolute atomic E-state index is 0.0432. The topological polar surface area (TPSA) is 51.5 Å². The van der Waals surface area contributed by atoms with Gasteiger partial charge >= 0.3 is 0 Å². The van der Waals surface area contributed by atoms with Crippen molar-refractivity contribution >= 4 is 33.5 Å². The van der Waals surface area contributed by atoms with Crippen LogP contribution in [0.1, 0.15) is 23.5 Å². The summed E-state index contributed by atoms with van der Waals surface area (Å²) in [5.74, 6) is 0.475. The molecule has 1 N–H and O–H groups in total. The van der Waals surface area contributed by atoms with E-state index in [4.69, 9.17) is 9.15 Å². The smallest absolute Gasteiger partial charge is 0.225 e. The van der Waals surface area contributed by atoms with E-state index < -0.39 is 0 Å². The van der Waals surface area contributed by atoms with Gasteiger partial charge in [-0.2, -0.15) is 0 Å². The van der Waals surface area contributed by atoms with Crippen LogP contribution in [0.25, 0.3) is 21.9 Å². The van der Waals surface area contributed by atoms with Gasteiger partial charge in [-0.05, 0) is 23.3 Å². The van der Waals surface area contributed by atoms with Crippen LogP contribution in [0.2, 0.25) is 0 Å². The number of carbonyl (C=O) groups is 1. The maximum absolute atomic E-state index is 13.1. The minimum Gasteiger partial charge on any atom is -0.495 e. The van der Waals surface area contributed by atoms with E-state index >= 15 is 0 Å². The third-order valence-electron chi connectivity index (χ3n) is 5.77. The van der Waals surface area contributed by atoms with Crippen LogP contribution in [0.5, 0.6) is 5.75 Å². The number of methoxy groups -OCH3 is 1. The summed E-state index contributed by atoms with van der Waals surface area (Å²) in [4.78, 5) is 13.1. The van der Waals surface area contributed by atoms with Gasteiger partial charge in [0.2, 0.25) is 5.91 Å². The fourth-order valence-corrected chi connectivity index (χ4v) is 4.20. The molecule has 158 valence electrons. The number of nitrogens with one attached hydrogen (secondary N) is 1. The number of benzene rings is 4. The quantitative estimate of drug-likeness (QED) is 0.330. The zero-order chi connectivity index (χ0) is 21.9. The van der Waals surface area contributed by atoms with Crippen molar-refractivity contribution in [3.63, 3.8) is 0 Å². The minimum atomic E-state index is -0.0866. The molecule has 0 radical (unpaired) electrons. The summed E-state index contributed by atoms with van der Waals surface area (Å²) in [5.41, 5.74) is 4.33. The molecule has 1 amide bonds. The summed E-state index contributed by atoms with van der Waals surface area (Å²) in [6, 6.07) is 31.9. The van der Waals surface area contributed by atoms with Crippen LogP contribution in [-0.4, -0.2) is 13.0 Å². The van der Waals surface area contributed by atoms with Crippen LogP contribution < -0.4 is 10.1 Å². The fourth-order valence-electron chi connectivity index (χ4n) is 4.20. The van der Waals surface area contributed by atoms with Crippen molar-refractivity contribution in [1.82, 2.24) is 0 Å². The highest BCUT2D eigenvalue weighted by molar-refractivity contribution is 6.07. The molecule has 1 heterocycles. The van der Waals surface area contributed by atoms with E-state index in [-0.39, 0.29) is 11.8 Å². The van der Waals surface area contributed by atoms with Crippen LogP contribution in [0, 0.1) is 0 Å². The summed E-state index contributed by atoms with van der Waals surface area (Å²) in [6.07, 6.45) is 0.315. The number of para-hydroxylation sites is 1.